The van der Waals surface area contributed by atoms with E-state index in [-0.39, 0.29) is 5.41 Å². The van der Waals surface area contributed by atoms with E-state index in [0.717, 1.165) is 22.4 Å². The standard InChI is InChI=1S/C17H20N4/c1-11-9-10-19-15-14(11)20-16(18)21(15)13-7-5-12(6-8-13)17(2,3)4/h5-10H,1-4H3,(H2,18,20). The molecule has 0 saturated carbocycles. The fourth-order valence-electron chi connectivity index (χ4n) is 2.48. The van der Waals surface area contributed by atoms with Gasteiger partial charge in [0.1, 0.15) is 5.52 Å². The first-order chi connectivity index (χ1) is 9.88. The third kappa shape index (κ3) is 2.27. The van der Waals surface area contributed by atoms with Crippen LogP contribution in [0.5, 0.6) is 0 Å². The number of rotatable bonds is 1. The molecule has 4 nitrogen and oxygen atoms in total. The smallest absolute Gasteiger partial charge is 0.207 e. The van der Waals surface area contributed by atoms with Crippen LogP contribution in [0.25, 0.3) is 16.9 Å². The maximum absolute atomic E-state index is 6.09. The van der Waals surface area contributed by atoms with Gasteiger partial charge >= 0.3 is 0 Å². The molecule has 0 radical (unpaired) electrons. The van der Waals surface area contributed by atoms with E-state index in [1.165, 1.54) is 5.56 Å². The van der Waals surface area contributed by atoms with Gasteiger partial charge in [-0.1, -0.05) is 32.9 Å². The molecular formula is C17H20N4. The van der Waals surface area contributed by atoms with E-state index < -0.39 is 0 Å². The van der Waals surface area contributed by atoms with Gasteiger partial charge in [0.15, 0.2) is 5.65 Å². The fraction of sp³-hybridized carbons (Fsp3) is 0.294. The van der Waals surface area contributed by atoms with Gasteiger partial charge in [0.25, 0.3) is 0 Å². The number of hydrogen-bond donors (Lipinski definition) is 1. The average Bonchev–Trinajstić information content (AvgIpc) is 2.76. The van der Waals surface area contributed by atoms with Crippen molar-refractivity contribution in [3.63, 3.8) is 0 Å². The molecule has 0 aliphatic heterocycles. The molecule has 2 aromatic heterocycles. The lowest BCUT2D eigenvalue weighted by Gasteiger charge is -2.19. The molecule has 3 aromatic rings. The van der Waals surface area contributed by atoms with Crippen molar-refractivity contribution >= 4 is 17.1 Å². The summed E-state index contributed by atoms with van der Waals surface area (Å²) in [6, 6.07) is 10.4. The van der Waals surface area contributed by atoms with Crippen molar-refractivity contribution in [2.75, 3.05) is 5.73 Å². The van der Waals surface area contributed by atoms with Gasteiger partial charge in [0, 0.05) is 6.20 Å². The Bertz CT molecular complexity index is 792. The van der Waals surface area contributed by atoms with Gasteiger partial charge in [0.05, 0.1) is 5.69 Å². The van der Waals surface area contributed by atoms with Crippen molar-refractivity contribution < 1.29 is 0 Å². The van der Waals surface area contributed by atoms with Crippen molar-refractivity contribution in [3.8, 4) is 5.69 Å². The second kappa shape index (κ2) is 4.58. The van der Waals surface area contributed by atoms with Crippen LogP contribution in [0.4, 0.5) is 5.95 Å². The number of nitrogen functional groups attached to an aromatic ring is 1. The molecule has 2 N–H and O–H groups in total. The highest BCUT2D eigenvalue weighted by Crippen LogP contribution is 2.26. The van der Waals surface area contributed by atoms with Gasteiger partial charge in [-0.15, -0.1) is 0 Å². The van der Waals surface area contributed by atoms with E-state index in [0.29, 0.717) is 5.95 Å². The molecule has 0 amide bonds. The zero-order chi connectivity index (χ0) is 15.2. The Hall–Kier alpha value is -2.36. The first kappa shape index (κ1) is 13.6. The summed E-state index contributed by atoms with van der Waals surface area (Å²) in [6.45, 7) is 8.62. The predicted molar refractivity (Wildman–Crippen MR) is 86.7 cm³/mol. The van der Waals surface area contributed by atoms with E-state index in [1.807, 2.05) is 17.6 Å². The number of nitrogens with two attached hydrogens (primary N) is 1. The molecule has 3 rings (SSSR count). The van der Waals surface area contributed by atoms with E-state index in [4.69, 9.17) is 5.73 Å². The summed E-state index contributed by atoms with van der Waals surface area (Å²) in [4.78, 5) is 8.87. The van der Waals surface area contributed by atoms with Crippen LogP contribution in [-0.2, 0) is 5.41 Å². The van der Waals surface area contributed by atoms with E-state index in [1.54, 1.807) is 6.20 Å². The number of benzene rings is 1. The lowest BCUT2D eigenvalue weighted by atomic mass is 9.87. The fourth-order valence-corrected chi connectivity index (χ4v) is 2.48. The van der Waals surface area contributed by atoms with Crippen molar-refractivity contribution in [2.45, 2.75) is 33.1 Å². The minimum Gasteiger partial charge on any atom is -0.369 e. The molecule has 0 bridgehead atoms. The number of aryl methyl sites for hydroxylation is 1. The maximum Gasteiger partial charge on any atom is 0.207 e. The predicted octanol–water partition coefficient (Wildman–Crippen LogP) is 3.61. The molecule has 0 saturated heterocycles. The number of aromatic nitrogens is 3. The second-order valence-corrected chi connectivity index (χ2v) is 6.40. The molecule has 21 heavy (non-hydrogen) atoms. The van der Waals surface area contributed by atoms with Crippen LogP contribution in [0.1, 0.15) is 31.9 Å². The molecule has 108 valence electrons. The van der Waals surface area contributed by atoms with Crippen molar-refractivity contribution in [3.05, 3.63) is 47.7 Å². The van der Waals surface area contributed by atoms with E-state index in [9.17, 15) is 0 Å². The Labute approximate surface area is 124 Å². The molecular weight excluding hydrogens is 260 g/mol. The van der Waals surface area contributed by atoms with Crippen LogP contribution in [0.3, 0.4) is 0 Å². The first-order valence-electron chi connectivity index (χ1n) is 7.08. The SMILES string of the molecule is Cc1ccnc2c1nc(N)n2-c1ccc(C(C)(C)C)cc1. The van der Waals surface area contributed by atoms with Gasteiger partial charge in [-0.2, -0.15) is 0 Å². The van der Waals surface area contributed by atoms with Crippen molar-refractivity contribution in [1.29, 1.82) is 0 Å². The minimum atomic E-state index is 0.135. The summed E-state index contributed by atoms with van der Waals surface area (Å²) in [6.07, 6.45) is 1.79. The van der Waals surface area contributed by atoms with Gasteiger partial charge < -0.3 is 5.73 Å². The van der Waals surface area contributed by atoms with Crippen LogP contribution in [0.2, 0.25) is 0 Å². The minimum absolute atomic E-state index is 0.135. The number of fused-ring (bicyclic) bond motifs is 1. The zero-order valence-corrected chi connectivity index (χ0v) is 12.9. The average molecular weight is 280 g/mol. The summed E-state index contributed by atoms with van der Waals surface area (Å²) in [5.41, 5.74) is 11.2. The molecule has 4 heteroatoms. The Balaban J connectivity index is 2.17. The van der Waals surface area contributed by atoms with Gasteiger partial charge in [0.2, 0.25) is 5.95 Å². The Kier molecular flexibility index (Phi) is 2.97. The highest BCUT2D eigenvalue weighted by atomic mass is 15.2. The van der Waals surface area contributed by atoms with Crippen LogP contribution < -0.4 is 5.73 Å². The zero-order valence-electron chi connectivity index (χ0n) is 12.9. The lowest BCUT2D eigenvalue weighted by molar-refractivity contribution is 0.590. The topological polar surface area (TPSA) is 56.7 Å². The van der Waals surface area contributed by atoms with Crippen LogP contribution in [-0.4, -0.2) is 14.5 Å². The van der Waals surface area contributed by atoms with E-state index in [2.05, 4.69) is 55.0 Å². The van der Waals surface area contributed by atoms with Gasteiger partial charge in [-0.25, -0.2) is 9.97 Å². The molecule has 2 heterocycles. The van der Waals surface area contributed by atoms with Gasteiger partial charge in [-0.3, -0.25) is 4.57 Å². The third-order valence-corrected chi connectivity index (χ3v) is 3.77. The summed E-state index contributed by atoms with van der Waals surface area (Å²) >= 11 is 0. The highest BCUT2D eigenvalue weighted by Gasteiger charge is 2.15. The van der Waals surface area contributed by atoms with Crippen molar-refractivity contribution in [1.82, 2.24) is 14.5 Å². The monoisotopic (exact) mass is 280 g/mol. The number of hydrogen-bond acceptors (Lipinski definition) is 3. The Morgan fingerprint density at radius 2 is 1.71 bits per heavy atom. The van der Waals surface area contributed by atoms with Crippen LogP contribution in [0.15, 0.2) is 36.5 Å². The quantitative estimate of drug-likeness (QED) is 0.741. The molecule has 1 aromatic carbocycles. The normalized spacial score (nSPS) is 12.0. The van der Waals surface area contributed by atoms with E-state index >= 15 is 0 Å². The first-order valence-corrected chi connectivity index (χ1v) is 7.08. The van der Waals surface area contributed by atoms with Gasteiger partial charge in [-0.05, 0) is 41.7 Å². The Morgan fingerprint density at radius 3 is 2.33 bits per heavy atom. The molecule has 0 fully saturated rings. The summed E-state index contributed by atoms with van der Waals surface area (Å²) in [5.74, 6) is 0.468. The Morgan fingerprint density at radius 1 is 1.05 bits per heavy atom. The number of nitrogens with zero attached hydrogens (tertiary/aromatic N) is 3. The van der Waals surface area contributed by atoms with Crippen LogP contribution >= 0.6 is 0 Å². The number of imidazole rings is 1. The van der Waals surface area contributed by atoms with Crippen molar-refractivity contribution in [2.24, 2.45) is 0 Å². The molecule has 0 unspecified atom stereocenters. The highest BCUT2D eigenvalue weighted by molar-refractivity contribution is 5.79. The summed E-state index contributed by atoms with van der Waals surface area (Å²) < 4.78 is 1.90. The third-order valence-electron chi connectivity index (χ3n) is 3.77. The lowest BCUT2D eigenvalue weighted by Crippen LogP contribution is -2.11. The molecule has 0 aliphatic carbocycles. The largest absolute Gasteiger partial charge is 0.369 e. The summed E-state index contributed by atoms with van der Waals surface area (Å²) in [7, 11) is 0. The summed E-state index contributed by atoms with van der Waals surface area (Å²) in [5, 5.41) is 0. The number of pyridine rings is 1. The molecule has 0 atom stereocenters. The number of anilines is 1. The maximum atomic E-state index is 6.09. The molecule has 0 aliphatic rings. The second-order valence-electron chi connectivity index (χ2n) is 6.40. The molecule has 0 spiro atoms. The van der Waals surface area contributed by atoms with Crippen LogP contribution in [0, 0.1) is 6.92 Å².